The lowest BCUT2D eigenvalue weighted by molar-refractivity contribution is 0.240. The molecule has 2 N–H and O–H groups in total. The number of rotatable bonds is 5. The first kappa shape index (κ1) is 15.4. The van der Waals surface area contributed by atoms with E-state index in [1.807, 2.05) is 44.4 Å². The Hall–Kier alpha value is -1.95. The fourth-order valence-electron chi connectivity index (χ4n) is 1.91. The molecule has 0 spiro atoms. The van der Waals surface area contributed by atoms with Gasteiger partial charge in [-0.1, -0.05) is 17.3 Å². The first-order chi connectivity index (χ1) is 10.1. The normalized spacial score (nSPS) is 10.4. The van der Waals surface area contributed by atoms with Crippen LogP contribution in [0.15, 0.2) is 33.7 Å². The van der Waals surface area contributed by atoms with Crippen LogP contribution in [0.5, 0.6) is 0 Å². The average Bonchev–Trinajstić information content (AvgIpc) is 2.82. The summed E-state index contributed by atoms with van der Waals surface area (Å²) < 4.78 is 5.05. The molecule has 0 fully saturated rings. The minimum absolute atomic E-state index is 0.205. The van der Waals surface area contributed by atoms with Crippen molar-refractivity contribution in [3.8, 4) is 0 Å². The highest BCUT2D eigenvalue weighted by Crippen LogP contribution is 2.14. The maximum Gasteiger partial charge on any atom is 0.315 e. The Morgan fingerprint density at radius 3 is 2.43 bits per heavy atom. The van der Waals surface area contributed by atoms with E-state index in [1.54, 1.807) is 11.8 Å². The van der Waals surface area contributed by atoms with E-state index in [4.69, 9.17) is 4.52 Å². The number of aromatic nitrogens is 1. The van der Waals surface area contributed by atoms with Crippen LogP contribution in [-0.2, 0) is 13.1 Å². The number of hydrogen-bond donors (Lipinski definition) is 2. The van der Waals surface area contributed by atoms with Gasteiger partial charge in [0.2, 0.25) is 0 Å². The molecule has 0 unspecified atom stereocenters. The Kier molecular flexibility index (Phi) is 5.27. The Labute approximate surface area is 128 Å². The summed E-state index contributed by atoms with van der Waals surface area (Å²) in [5.41, 5.74) is 2.80. The van der Waals surface area contributed by atoms with Crippen LogP contribution in [0, 0.1) is 13.8 Å². The van der Waals surface area contributed by atoms with Crippen molar-refractivity contribution in [2.45, 2.75) is 31.8 Å². The highest BCUT2D eigenvalue weighted by Gasteiger charge is 2.09. The molecule has 0 aliphatic heterocycles. The third kappa shape index (κ3) is 4.26. The number of carbonyl (C=O) groups is 1. The van der Waals surface area contributed by atoms with Crippen molar-refractivity contribution < 1.29 is 9.32 Å². The molecule has 21 heavy (non-hydrogen) atoms. The third-order valence-electron chi connectivity index (χ3n) is 3.22. The summed E-state index contributed by atoms with van der Waals surface area (Å²) in [6.07, 6.45) is 2.04. The largest absolute Gasteiger partial charge is 0.361 e. The fraction of sp³-hybridized carbons (Fsp3) is 0.333. The molecule has 112 valence electrons. The highest BCUT2D eigenvalue weighted by molar-refractivity contribution is 7.98. The van der Waals surface area contributed by atoms with Gasteiger partial charge >= 0.3 is 6.03 Å². The molecule has 0 saturated heterocycles. The molecule has 0 aliphatic rings. The molecule has 0 atom stereocenters. The van der Waals surface area contributed by atoms with E-state index in [0.717, 1.165) is 22.6 Å². The topological polar surface area (TPSA) is 67.2 Å². The number of nitrogens with zero attached hydrogens (tertiary/aromatic N) is 1. The molecule has 1 aromatic carbocycles. The molecule has 0 aliphatic carbocycles. The smallest absolute Gasteiger partial charge is 0.315 e. The maximum absolute atomic E-state index is 11.8. The second kappa shape index (κ2) is 7.17. The molecule has 0 bridgehead atoms. The van der Waals surface area contributed by atoms with Crippen LogP contribution in [0.25, 0.3) is 0 Å². The first-order valence-corrected chi connectivity index (χ1v) is 7.89. The summed E-state index contributed by atoms with van der Waals surface area (Å²) in [4.78, 5) is 13.0. The fourth-order valence-corrected chi connectivity index (χ4v) is 2.32. The second-order valence-electron chi connectivity index (χ2n) is 4.69. The molecular formula is C15H19N3O2S. The van der Waals surface area contributed by atoms with E-state index >= 15 is 0 Å². The molecular weight excluding hydrogens is 286 g/mol. The van der Waals surface area contributed by atoms with Gasteiger partial charge in [-0.25, -0.2) is 4.79 Å². The van der Waals surface area contributed by atoms with E-state index in [1.165, 1.54) is 4.90 Å². The Bertz CT molecular complexity index is 588. The molecule has 1 heterocycles. The van der Waals surface area contributed by atoms with E-state index < -0.39 is 0 Å². The van der Waals surface area contributed by atoms with Crippen molar-refractivity contribution in [3.05, 3.63) is 46.8 Å². The van der Waals surface area contributed by atoms with Crippen LogP contribution in [0.3, 0.4) is 0 Å². The summed E-state index contributed by atoms with van der Waals surface area (Å²) in [6, 6.07) is 7.91. The van der Waals surface area contributed by atoms with Crippen molar-refractivity contribution in [1.82, 2.24) is 15.8 Å². The lowest BCUT2D eigenvalue weighted by atomic mass is 10.2. The number of thioether (sulfide) groups is 1. The van der Waals surface area contributed by atoms with E-state index in [-0.39, 0.29) is 6.03 Å². The minimum atomic E-state index is -0.205. The Balaban J connectivity index is 1.79. The summed E-state index contributed by atoms with van der Waals surface area (Å²) in [5, 5.41) is 9.49. The van der Waals surface area contributed by atoms with Gasteiger partial charge < -0.3 is 15.2 Å². The zero-order chi connectivity index (χ0) is 15.2. The summed E-state index contributed by atoms with van der Waals surface area (Å²) in [6.45, 7) is 4.61. The Morgan fingerprint density at radius 1 is 1.19 bits per heavy atom. The number of urea groups is 1. The van der Waals surface area contributed by atoms with E-state index in [2.05, 4.69) is 15.8 Å². The zero-order valence-corrected chi connectivity index (χ0v) is 13.2. The lowest BCUT2D eigenvalue weighted by Gasteiger charge is -2.08. The maximum atomic E-state index is 11.8. The van der Waals surface area contributed by atoms with Crippen molar-refractivity contribution in [2.24, 2.45) is 0 Å². The van der Waals surface area contributed by atoms with E-state index in [9.17, 15) is 4.79 Å². The van der Waals surface area contributed by atoms with Crippen LogP contribution in [0.2, 0.25) is 0 Å². The molecule has 5 nitrogen and oxygen atoms in total. The van der Waals surface area contributed by atoms with Gasteiger partial charge in [-0.05, 0) is 37.8 Å². The third-order valence-corrected chi connectivity index (χ3v) is 3.96. The molecule has 2 rings (SSSR count). The molecule has 2 aromatic rings. The SMILES string of the molecule is CSc1ccc(CNC(=O)NCc2c(C)noc2C)cc1. The van der Waals surface area contributed by atoms with Gasteiger partial charge in [-0.2, -0.15) is 0 Å². The van der Waals surface area contributed by atoms with Crippen molar-refractivity contribution in [1.29, 1.82) is 0 Å². The number of hydrogen-bond acceptors (Lipinski definition) is 4. The van der Waals surface area contributed by atoms with Gasteiger partial charge in [-0.15, -0.1) is 11.8 Å². The predicted octanol–water partition coefficient (Wildman–Crippen LogP) is 3.01. The van der Waals surface area contributed by atoms with Gasteiger partial charge in [0.15, 0.2) is 0 Å². The molecule has 0 saturated carbocycles. The lowest BCUT2D eigenvalue weighted by Crippen LogP contribution is -2.34. The number of nitrogens with one attached hydrogen (secondary N) is 2. The first-order valence-electron chi connectivity index (χ1n) is 6.66. The van der Waals surface area contributed by atoms with Crippen LogP contribution in [-0.4, -0.2) is 17.4 Å². The van der Waals surface area contributed by atoms with Gasteiger partial charge in [0.1, 0.15) is 5.76 Å². The quantitative estimate of drug-likeness (QED) is 0.833. The van der Waals surface area contributed by atoms with Gasteiger partial charge in [0.25, 0.3) is 0 Å². The number of carbonyl (C=O) groups excluding carboxylic acids is 1. The second-order valence-corrected chi connectivity index (χ2v) is 5.57. The molecule has 0 radical (unpaired) electrons. The standard InChI is InChI=1S/C15H19N3O2S/c1-10-14(11(2)20-18-10)9-17-15(19)16-8-12-4-6-13(21-3)7-5-12/h4-7H,8-9H2,1-3H3,(H2,16,17,19). The number of amides is 2. The number of benzene rings is 1. The molecule has 2 amide bonds. The van der Waals surface area contributed by atoms with Gasteiger partial charge in [0.05, 0.1) is 5.69 Å². The van der Waals surface area contributed by atoms with Crippen LogP contribution in [0.4, 0.5) is 4.79 Å². The molecule has 1 aromatic heterocycles. The van der Waals surface area contributed by atoms with Crippen LogP contribution in [0.1, 0.15) is 22.6 Å². The summed E-state index contributed by atoms with van der Waals surface area (Å²) in [5.74, 6) is 0.737. The number of aryl methyl sites for hydroxylation is 2. The van der Waals surface area contributed by atoms with Crippen molar-refractivity contribution in [3.63, 3.8) is 0 Å². The zero-order valence-electron chi connectivity index (χ0n) is 12.4. The van der Waals surface area contributed by atoms with Gasteiger partial charge in [-0.3, -0.25) is 0 Å². The van der Waals surface area contributed by atoms with E-state index in [0.29, 0.717) is 13.1 Å². The summed E-state index contributed by atoms with van der Waals surface area (Å²) >= 11 is 1.70. The monoisotopic (exact) mass is 305 g/mol. The van der Waals surface area contributed by atoms with Crippen LogP contribution >= 0.6 is 11.8 Å². The van der Waals surface area contributed by atoms with Crippen molar-refractivity contribution >= 4 is 17.8 Å². The predicted molar refractivity (Wildman–Crippen MR) is 83.3 cm³/mol. The molecule has 6 heteroatoms. The van der Waals surface area contributed by atoms with Crippen LogP contribution < -0.4 is 10.6 Å². The summed E-state index contributed by atoms with van der Waals surface area (Å²) in [7, 11) is 0. The highest BCUT2D eigenvalue weighted by atomic mass is 32.2. The Morgan fingerprint density at radius 2 is 1.86 bits per heavy atom. The van der Waals surface area contributed by atoms with Gasteiger partial charge in [0, 0.05) is 23.5 Å². The van der Waals surface area contributed by atoms with Crippen molar-refractivity contribution in [2.75, 3.05) is 6.26 Å². The average molecular weight is 305 g/mol. The minimum Gasteiger partial charge on any atom is -0.361 e.